The van der Waals surface area contributed by atoms with Crippen LogP contribution >= 0.6 is 15.9 Å². The number of halogens is 1. The highest BCUT2D eigenvalue weighted by Crippen LogP contribution is 2.18. The summed E-state index contributed by atoms with van der Waals surface area (Å²) in [5.74, 6) is 0.556. The van der Waals surface area contributed by atoms with Crippen molar-refractivity contribution in [1.82, 2.24) is 4.98 Å². The lowest BCUT2D eigenvalue weighted by Gasteiger charge is -2.16. The van der Waals surface area contributed by atoms with Gasteiger partial charge in [-0.2, -0.15) is 0 Å². The van der Waals surface area contributed by atoms with Gasteiger partial charge in [0.1, 0.15) is 5.82 Å². The van der Waals surface area contributed by atoms with E-state index in [9.17, 15) is 4.79 Å². The quantitative estimate of drug-likeness (QED) is 0.851. The van der Waals surface area contributed by atoms with E-state index in [0.29, 0.717) is 11.4 Å². The summed E-state index contributed by atoms with van der Waals surface area (Å²) in [6.07, 6.45) is 1.67. The number of hydrogen-bond donors (Lipinski definition) is 0. The zero-order valence-electron chi connectivity index (χ0n) is 10.2. The fourth-order valence-electron chi connectivity index (χ4n) is 1.65. The van der Waals surface area contributed by atoms with Crippen LogP contribution in [-0.4, -0.2) is 17.9 Å². The van der Waals surface area contributed by atoms with Crippen LogP contribution in [0.25, 0.3) is 0 Å². The van der Waals surface area contributed by atoms with Gasteiger partial charge < -0.3 is 0 Å². The third kappa shape index (κ3) is 2.76. The molecule has 0 aliphatic rings. The van der Waals surface area contributed by atoms with E-state index < -0.39 is 0 Å². The summed E-state index contributed by atoms with van der Waals surface area (Å²) in [5.41, 5.74) is 1.73. The molecule has 1 heterocycles. The molecule has 0 unspecified atom stereocenters. The first-order valence-corrected chi connectivity index (χ1v) is 6.33. The summed E-state index contributed by atoms with van der Waals surface area (Å²) < 4.78 is 0.899. The van der Waals surface area contributed by atoms with Crippen molar-refractivity contribution in [3.63, 3.8) is 0 Å². The second-order valence-electron chi connectivity index (χ2n) is 4.07. The first kappa shape index (κ1) is 12.8. The van der Waals surface area contributed by atoms with Gasteiger partial charge in [0.25, 0.3) is 5.91 Å². The SMILES string of the molecule is Cc1cccc(C(=O)N(C)c2cc(Br)ccn2)c1. The van der Waals surface area contributed by atoms with Crippen LogP contribution < -0.4 is 4.90 Å². The molecule has 0 bridgehead atoms. The van der Waals surface area contributed by atoms with E-state index in [1.807, 2.05) is 43.3 Å². The van der Waals surface area contributed by atoms with Gasteiger partial charge in [-0.3, -0.25) is 9.69 Å². The Balaban J connectivity index is 2.29. The number of carbonyl (C=O) groups excluding carboxylic acids is 1. The van der Waals surface area contributed by atoms with Gasteiger partial charge in [-0.1, -0.05) is 33.6 Å². The molecular weight excluding hydrogens is 292 g/mol. The average molecular weight is 305 g/mol. The number of amides is 1. The maximum absolute atomic E-state index is 12.3. The van der Waals surface area contributed by atoms with E-state index in [2.05, 4.69) is 20.9 Å². The van der Waals surface area contributed by atoms with Crippen LogP contribution in [-0.2, 0) is 0 Å². The van der Waals surface area contributed by atoms with Crippen molar-refractivity contribution in [2.75, 3.05) is 11.9 Å². The van der Waals surface area contributed by atoms with Gasteiger partial charge in [-0.25, -0.2) is 4.98 Å². The molecule has 0 spiro atoms. The third-order valence-electron chi connectivity index (χ3n) is 2.62. The molecule has 0 aliphatic heterocycles. The standard InChI is InChI=1S/C14H13BrN2O/c1-10-4-3-5-11(8-10)14(18)17(2)13-9-12(15)6-7-16-13/h3-9H,1-2H3. The van der Waals surface area contributed by atoms with Gasteiger partial charge in [0.05, 0.1) is 0 Å². The number of carbonyl (C=O) groups is 1. The maximum Gasteiger partial charge on any atom is 0.259 e. The van der Waals surface area contributed by atoms with Crippen molar-refractivity contribution in [2.45, 2.75) is 6.92 Å². The van der Waals surface area contributed by atoms with Crippen molar-refractivity contribution in [2.24, 2.45) is 0 Å². The first-order chi connectivity index (χ1) is 8.58. The van der Waals surface area contributed by atoms with Gasteiger partial charge in [0.15, 0.2) is 0 Å². The third-order valence-corrected chi connectivity index (χ3v) is 3.11. The van der Waals surface area contributed by atoms with Crippen LogP contribution in [0.5, 0.6) is 0 Å². The van der Waals surface area contributed by atoms with Crippen molar-refractivity contribution < 1.29 is 4.79 Å². The molecule has 0 atom stereocenters. The molecule has 0 fully saturated rings. The molecule has 0 radical (unpaired) electrons. The number of rotatable bonds is 2. The average Bonchev–Trinajstić information content (AvgIpc) is 2.37. The molecular formula is C14H13BrN2O. The van der Waals surface area contributed by atoms with Gasteiger partial charge in [-0.05, 0) is 31.2 Å². The molecule has 1 aromatic heterocycles. The predicted molar refractivity (Wildman–Crippen MR) is 75.8 cm³/mol. The smallest absolute Gasteiger partial charge is 0.259 e. The Morgan fingerprint density at radius 3 is 2.72 bits per heavy atom. The van der Waals surface area contributed by atoms with Crippen molar-refractivity contribution in [3.05, 3.63) is 58.2 Å². The Hall–Kier alpha value is -1.68. The van der Waals surface area contributed by atoms with Gasteiger partial charge >= 0.3 is 0 Å². The fraction of sp³-hybridized carbons (Fsp3) is 0.143. The van der Waals surface area contributed by atoms with E-state index in [1.165, 1.54) is 0 Å². The minimum atomic E-state index is -0.0655. The Labute approximate surface area is 115 Å². The summed E-state index contributed by atoms with van der Waals surface area (Å²) in [6.45, 7) is 1.97. The number of hydrogen-bond acceptors (Lipinski definition) is 2. The number of pyridine rings is 1. The second kappa shape index (κ2) is 5.31. The Bertz CT molecular complexity index is 584. The molecule has 1 aromatic carbocycles. The molecule has 92 valence electrons. The predicted octanol–water partition coefficient (Wildman–Crippen LogP) is 3.43. The topological polar surface area (TPSA) is 33.2 Å². The van der Waals surface area contributed by atoms with Gasteiger partial charge in [-0.15, -0.1) is 0 Å². The van der Waals surface area contributed by atoms with Crippen LogP contribution in [0.2, 0.25) is 0 Å². The van der Waals surface area contributed by atoms with E-state index in [-0.39, 0.29) is 5.91 Å². The zero-order chi connectivity index (χ0) is 13.1. The monoisotopic (exact) mass is 304 g/mol. The molecule has 2 rings (SSSR count). The Morgan fingerprint density at radius 1 is 1.28 bits per heavy atom. The highest BCUT2D eigenvalue weighted by molar-refractivity contribution is 9.10. The zero-order valence-corrected chi connectivity index (χ0v) is 11.8. The second-order valence-corrected chi connectivity index (χ2v) is 4.98. The molecule has 2 aromatic rings. The van der Waals surface area contributed by atoms with Crippen molar-refractivity contribution in [3.8, 4) is 0 Å². The molecule has 0 saturated carbocycles. The van der Waals surface area contributed by atoms with E-state index in [1.54, 1.807) is 18.1 Å². The van der Waals surface area contributed by atoms with Crippen LogP contribution in [0.4, 0.5) is 5.82 Å². The minimum Gasteiger partial charge on any atom is -0.296 e. The van der Waals surface area contributed by atoms with Crippen molar-refractivity contribution in [1.29, 1.82) is 0 Å². The van der Waals surface area contributed by atoms with Crippen molar-refractivity contribution >= 4 is 27.7 Å². The normalized spacial score (nSPS) is 10.2. The molecule has 0 aliphatic carbocycles. The fourth-order valence-corrected chi connectivity index (χ4v) is 1.98. The molecule has 18 heavy (non-hydrogen) atoms. The molecule has 0 N–H and O–H groups in total. The Kier molecular flexibility index (Phi) is 3.77. The highest BCUT2D eigenvalue weighted by Gasteiger charge is 2.14. The van der Waals surface area contributed by atoms with E-state index >= 15 is 0 Å². The molecule has 4 heteroatoms. The van der Waals surface area contributed by atoms with Crippen LogP contribution in [0.3, 0.4) is 0 Å². The summed E-state index contributed by atoms with van der Waals surface area (Å²) in [7, 11) is 1.72. The Morgan fingerprint density at radius 2 is 2.06 bits per heavy atom. The minimum absolute atomic E-state index is 0.0655. The number of anilines is 1. The van der Waals surface area contributed by atoms with Crippen LogP contribution in [0, 0.1) is 6.92 Å². The lowest BCUT2D eigenvalue weighted by atomic mass is 10.1. The summed E-state index contributed by atoms with van der Waals surface area (Å²) in [5, 5.41) is 0. The first-order valence-electron chi connectivity index (χ1n) is 5.54. The lowest BCUT2D eigenvalue weighted by molar-refractivity contribution is 0.0992. The summed E-state index contributed by atoms with van der Waals surface area (Å²) >= 11 is 3.37. The highest BCUT2D eigenvalue weighted by atomic mass is 79.9. The van der Waals surface area contributed by atoms with Crippen LogP contribution in [0.15, 0.2) is 47.1 Å². The largest absolute Gasteiger partial charge is 0.296 e. The maximum atomic E-state index is 12.3. The lowest BCUT2D eigenvalue weighted by Crippen LogP contribution is -2.27. The number of benzene rings is 1. The molecule has 3 nitrogen and oxygen atoms in total. The number of nitrogens with zero attached hydrogens (tertiary/aromatic N) is 2. The van der Waals surface area contributed by atoms with Crippen LogP contribution in [0.1, 0.15) is 15.9 Å². The number of aromatic nitrogens is 1. The van der Waals surface area contributed by atoms with E-state index in [4.69, 9.17) is 0 Å². The number of aryl methyl sites for hydroxylation is 1. The van der Waals surface area contributed by atoms with Gasteiger partial charge in [0.2, 0.25) is 0 Å². The van der Waals surface area contributed by atoms with E-state index in [0.717, 1.165) is 10.0 Å². The summed E-state index contributed by atoms with van der Waals surface area (Å²) in [6, 6.07) is 11.2. The molecule has 0 saturated heterocycles. The van der Waals surface area contributed by atoms with Gasteiger partial charge in [0, 0.05) is 23.3 Å². The summed E-state index contributed by atoms with van der Waals surface area (Å²) in [4.78, 5) is 18.0. The molecule has 1 amide bonds.